The minimum Gasteiger partial charge on any atom is -0.496 e. The van der Waals surface area contributed by atoms with Crippen LogP contribution in [0, 0.1) is 0 Å². The van der Waals surface area contributed by atoms with E-state index in [0.29, 0.717) is 59.9 Å². The number of carbonyl (C=O) groups is 1. The average Bonchev–Trinajstić information content (AvgIpc) is 3.23. The van der Waals surface area contributed by atoms with E-state index in [1.165, 1.54) is 0 Å². The van der Waals surface area contributed by atoms with Crippen LogP contribution in [0.15, 0.2) is 53.3 Å². The number of hydrogen-bond acceptors (Lipinski definition) is 6. The maximum Gasteiger partial charge on any atom is 0.262 e. The number of fused-ring (bicyclic) bond motifs is 1. The number of aromatic nitrogens is 3. The van der Waals surface area contributed by atoms with Gasteiger partial charge in [0.1, 0.15) is 11.4 Å². The number of nitrogen functional groups attached to an aromatic ring is 1. The lowest BCUT2D eigenvalue weighted by atomic mass is 9.97. The number of carbonyl (C=O) groups excluding carboxylic acids is 1. The Kier molecular flexibility index (Phi) is 5.31. The number of aromatic amines is 2. The van der Waals surface area contributed by atoms with Crippen molar-refractivity contribution < 1.29 is 14.3 Å². The van der Waals surface area contributed by atoms with Crippen LogP contribution in [-0.4, -0.2) is 59.2 Å². The molecule has 0 spiro atoms. The second-order valence-electron chi connectivity index (χ2n) is 7.73. The van der Waals surface area contributed by atoms with Crippen LogP contribution in [0.4, 0.5) is 5.95 Å². The Morgan fingerprint density at radius 3 is 2.55 bits per heavy atom. The van der Waals surface area contributed by atoms with Crippen molar-refractivity contribution in [1.29, 1.82) is 0 Å². The van der Waals surface area contributed by atoms with Gasteiger partial charge in [0, 0.05) is 29.8 Å². The predicted octanol–water partition coefficient (Wildman–Crippen LogP) is 2.65. The van der Waals surface area contributed by atoms with Crippen molar-refractivity contribution in [3.63, 3.8) is 0 Å². The molecular formula is C24H23N5O4. The largest absolute Gasteiger partial charge is 0.496 e. The lowest BCUT2D eigenvalue weighted by molar-refractivity contribution is 0.0303. The lowest BCUT2D eigenvalue weighted by Crippen LogP contribution is -2.40. The molecule has 9 nitrogen and oxygen atoms in total. The zero-order valence-corrected chi connectivity index (χ0v) is 18.1. The van der Waals surface area contributed by atoms with Gasteiger partial charge in [0.25, 0.3) is 11.5 Å². The first-order valence-corrected chi connectivity index (χ1v) is 10.6. The summed E-state index contributed by atoms with van der Waals surface area (Å²) in [6.07, 6.45) is 0. The van der Waals surface area contributed by atoms with E-state index in [1.807, 2.05) is 36.4 Å². The molecular weight excluding hydrogens is 422 g/mol. The Balaban J connectivity index is 1.64. The standard InChI is InChI=1S/C24H23N5O4/c1-32-17-5-3-2-4-16(17)18-19-21(27-24(25)28-22(19)30)26-20(18)14-6-8-15(9-7-14)23(31)29-10-12-33-13-11-29/h2-9H,10-13H2,1H3,(H4,25,26,27,28,30). The molecule has 0 atom stereocenters. The molecule has 0 aliphatic carbocycles. The Bertz CT molecular complexity index is 1380. The number of H-pyrrole nitrogens is 2. The minimum atomic E-state index is -0.347. The normalized spacial score (nSPS) is 13.9. The highest BCUT2D eigenvalue weighted by atomic mass is 16.5. The van der Waals surface area contributed by atoms with Gasteiger partial charge in [0.2, 0.25) is 5.95 Å². The summed E-state index contributed by atoms with van der Waals surface area (Å²) >= 11 is 0. The third kappa shape index (κ3) is 3.72. The van der Waals surface area contributed by atoms with E-state index in [0.717, 1.165) is 11.1 Å². The molecule has 168 valence electrons. The first-order chi connectivity index (χ1) is 16.1. The number of benzene rings is 2. The van der Waals surface area contributed by atoms with Gasteiger partial charge >= 0.3 is 0 Å². The number of nitrogens with one attached hydrogen (secondary N) is 2. The van der Waals surface area contributed by atoms with Gasteiger partial charge in [-0.25, -0.2) is 0 Å². The van der Waals surface area contributed by atoms with E-state index in [2.05, 4.69) is 15.0 Å². The zero-order chi connectivity index (χ0) is 22.9. The molecule has 1 fully saturated rings. The smallest absolute Gasteiger partial charge is 0.262 e. The van der Waals surface area contributed by atoms with Gasteiger partial charge in [0.15, 0.2) is 0 Å². The van der Waals surface area contributed by atoms with E-state index in [-0.39, 0.29) is 17.4 Å². The van der Waals surface area contributed by atoms with Gasteiger partial charge in [-0.15, -0.1) is 0 Å². The van der Waals surface area contributed by atoms with Gasteiger partial charge in [-0.05, 0) is 23.8 Å². The summed E-state index contributed by atoms with van der Waals surface area (Å²) in [5, 5.41) is 0.386. The van der Waals surface area contributed by atoms with Crippen LogP contribution in [0.2, 0.25) is 0 Å². The number of morpholine rings is 1. The summed E-state index contributed by atoms with van der Waals surface area (Å²) in [5.41, 5.74) is 9.28. The maximum absolute atomic E-state index is 12.9. The number of methoxy groups -OCH3 is 1. The van der Waals surface area contributed by atoms with Crippen molar-refractivity contribution in [2.75, 3.05) is 39.1 Å². The molecule has 2 aromatic carbocycles. The van der Waals surface area contributed by atoms with Crippen LogP contribution in [-0.2, 0) is 4.74 Å². The molecule has 1 aliphatic rings. The SMILES string of the molecule is COc1ccccc1-c1c(-c2ccc(C(=O)N3CCOCC3)cc2)[nH]c2nc(N)[nH]c(=O)c12. The molecule has 0 unspecified atom stereocenters. The zero-order valence-electron chi connectivity index (χ0n) is 18.1. The number of nitrogens with two attached hydrogens (primary N) is 1. The maximum atomic E-state index is 12.9. The van der Waals surface area contributed by atoms with Gasteiger partial charge in [0.05, 0.1) is 31.4 Å². The number of para-hydroxylation sites is 1. The molecule has 9 heteroatoms. The number of hydrogen-bond donors (Lipinski definition) is 3. The molecule has 0 radical (unpaired) electrons. The number of nitrogens with zero attached hydrogens (tertiary/aromatic N) is 2. The van der Waals surface area contributed by atoms with Gasteiger partial charge in [-0.2, -0.15) is 4.98 Å². The molecule has 1 saturated heterocycles. The summed E-state index contributed by atoms with van der Waals surface area (Å²) in [6.45, 7) is 2.25. The Morgan fingerprint density at radius 2 is 1.82 bits per heavy atom. The lowest BCUT2D eigenvalue weighted by Gasteiger charge is -2.26. The van der Waals surface area contributed by atoms with E-state index < -0.39 is 0 Å². The van der Waals surface area contributed by atoms with E-state index >= 15 is 0 Å². The van der Waals surface area contributed by atoms with Crippen LogP contribution < -0.4 is 16.0 Å². The highest BCUT2D eigenvalue weighted by molar-refractivity contribution is 6.04. The van der Waals surface area contributed by atoms with Crippen LogP contribution >= 0.6 is 0 Å². The van der Waals surface area contributed by atoms with Gasteiger partial charge < -0.3 is 25.1 Å². The molecule has 4 N–H and O–H groups in total. The number of rotatable bonds is 4. The average molecular weight is 445 g/mol. The van der Waals surface area contributed by atoms with Crippen LogP contribution in [0.3, 0.4) is 0 Å². The second-order valence-corrected chi connectivity index (χ2v) is 7.73. The van der Waals surface area contributed by atoms with Crippen LogP contribution in [0.1, 0.15) is 10.4 Å². The molecule has 3 heterocycles. The monoisotopic (exact) mass is 445 g/mol. The minimum absolute atomic E-state index is 0.0262. The fourth-order valence-electron chi connectivity index (χ4n) is 4.18. The first kappa shape index (κ1) is 20.8. The first-order valence-electron chi connectivity index (χ1n) is 10.6. The third-order valence-corrected chi connectivity index (χ3v) is 5.78. The predicted molar refractivity (Wildman–Crippen MR) is 125 cm³/mol. The molecule has 1 aliphatic heterocycles. The molecule has 33 heavy (non-hydrogen) atoms. The second kappa shape index (κ2) is 8.44. The van der Waals surface area contributed by atoms with Crippen molar-refractivity contribution in [1.82, 2.24) is 19.9 Å². The summed E-state index contributed by atoms with van der Waals surface area (Å²) in [7, 11) is 1.58. The topological polar surface area (TPSA) is 126 Å². The molecule has 1 amide bonds. The van der Waals surface area contributed by atoms with E-state index in [9.17, 15) is 9.59 Å². The molecule has 0 saturated carbocycles. The van der Waals surface area contributed by atoms with E-state index in [4.69, 9.17) is 15.2 Å². The molecule has 4 aromatic rings. The highest BCUT2D eigenvalue weighted by Crippen LogP contribution is 2.40. The van der Waals surface area contributed by atoms with Crippen molar-refractivity contribution in [3.8, 4) is 28.1 Å². The van der Waals surface area contributed by atoms with Gasteiger partial charge in [-0.3, -0.25) is 14.6 Å². The molecule has 2 aromatic heterocycles. The van der Waals surface area contributed by atoms with Crippen molar-refractivity contribution >= 4 is 22.9 Å². The Labute approximate surface area is 189 Å². The Hall–Kier alpha value is -4.11. The number of anilines is 1. The van der Waals surface area contributed by atoms with Crippen molar-refractivity contribution in [3.05, 3.63) is 64.4 Å². The quantitative estimate of drug-likeness (QED) is 0.443. The Morgan fingerprint density at radius 1 is 1.09 bits per heavy atom. The highest BCUT2D eigenvalue weighted by Gasteiger charge is 2.23. The molecule has 0 bridgehead atoms. The molecule has 5 rings (SSSR count). The van der Waals surface area contributed by atoms with Crippen LogP contribution in [0.25, 0.3) is 33.4 Å². The number of ether oxygens (including phenoxy) is 2. The van der Waals surface area contributed by atoms with Crippen LogP contribution in [0.5, 0.6) is 5.75 Å². The summed E-state index contributed by atoms with van der Waals surface area (Å²) in [6, 6.07) is 14.8. The van der Waals surface area contributed by atoms with Crippen molar-refractivity contribution in [2.24, 2.45) is 0 Å². The summed E-state index contributed by atoms with van der Waals surface area (Å²) < 4.78 is 10.9. The fraction of sp³-hybridized carbons (Fsp3) is 0.208. The van der Waals surface area contributed by atoms with E-state index in [1.54, 1.807) is 24.1 Å². The summed E-state index contributed by atoms with van der Waals surface area (Å²) in [4.78, 5) is 37.6. The number of amides is 1. The van der Waals surface area contributed by atoms with Crippen molar-refractivity contribution in [2.45, 2.75) is 0 Å². The third-order valence-electron chi connectivity index (χ3n) is 5.78. The van der Waals surface area contributed by atoms with Gasteiger partial charge in [-0.1, -0.05) is 30.3 Å². The summed E-state index contributed by atoms with van der Waals surface area (Å²) in [5.74, 6) is 0.616. The fourth-order valence-corrected chi connectivity index (χ4v) is 4.18.